The van der Waals surface area contributed by atoms with Crippen molar-refractivity contribution in [2.24, 2.45) is 0 Å². The Hall–Kier alpha value is -3.92. The number of aromatic nitrogens is 4. The van der Waals surface area contributed by atoms with E-state index in [9.17, 15) is 29.8 Å². The lowest BCUT2D eigenvalue weighted by molar-refractivity contribution is -1.03. The highest BCUT2D eigenvalue weighted by molar-refractivity contribution is 5.57. The molecule has 5 heterocycles. The Labute approximate surface area is 217 Å². The van der Waals surface area contributed by atoms with Crippen molar-refractivity contribution in [2.45, 2.75) is 13.8 Å². The van der Waals surface area contributed by atoms with Crippen molar-refractivity contribution in [3.63, 3.8) is 0 Å². The van der Waals surface area contributed by atoms with Gasteiger partial charge in [-0.25, -0.2) is 9.97 Å². The molecule has 204 valence electrons. The van der Waals surface area contributed by atoms with Gasteiger partial charge in [-0.1, -0.05) is 0 Å². The molecule has 2 N–H and O–H groups in total. The molecule has 0 saturated carbocycles. The zero-order valence-corrected chi connectivity index (χ0v) is 21.5. The van der Waals surface area contributed by atoms with Crippen molar-refractivity contribution in [3.8, 4) is 0 Å². The molecule has 5 rings (SSSR count). The number of nitrogens with zero attached hydrogens (tertiary/aromatic N) is 8. The van der Waals surface area contributed by atoms with Gasteiger partial charge in [-0.2, -0.15) is 0 Å². The van der Waals surface area contributed by atoms with Gasteiger partial charge >= 0.3 is 22.5 Å². The third kappa shape index (κ3) is 4.60. The maximum Gasteiger partial charge on any atom is 0.375 e. The number of H-pyrrole nitrogens is 2. The molecule has 3 saturated heterocycles. The maximum absolute atomic E-state index is 12.2. The Morgan fingerprint density at radius 3 is 1.26 bits per heavy atom. The first kappa shape index (κ1) is 25.7. The Bertz CT molecular complexity index is 1270. The van der Waals surface area contributed by atoms with E-state index in [1.807, 2.05) is 9.80 Å². The number of aryl methyl sites for hydroxylation is 2. The fourth-order valence-electron chi connectivity index (χ4n) is 6.07. The van der Waals surface area contributed by atoms with Crippen molar-refractivity contribution >= 4 is 23.0 Å². The van der Waals surface area contributed by atoms with Crippen LogP contribution in [0, 0.1) is 34.1 Å². The summed E-state index contributed by atoms with van der Waals surface area (Å²) in [7, 11) is 0. The predicted molar refractivity (Wildman–Crippen MR) is 136 cm³/mol. The van der Waals surface area contributed by atoms with Crippen molar-refractivity contribution in [3.05, 3.63) is 52.6 Å². The van der Waals surface area contributed by atoms with E-state index >= 15 is 0 Å². The summed E-state index contributed by atoms with van der Waals surface area (Å²) < 4.78 is 1.85. The number of anilines is 2. The molecule has 0 radical (unpaired) electrons. The highest BCUT2D eigenvalue weighted by Crippen LogP contribution is 2.30. The van der Waals surface area contributed by atoms with E-state index in [1.54, 1.807) is 13.8 Å². The maximum atomic E-state index is 12.2. The molecular formula is C22H32N10O6+2. The standard InChI is InChI=1S/C22H30N10O6/c1-15-23-19(17(29(35)36)21(33)25-15)27-3-7-31(8-4-27)11-13-32(14-12-31)9-5-28(6-10-32)20-18(30(37)38)22(34)26-16(2)24-20/h3-14H2,1-2H3/p+2. The van der Waals surface area contributed by atoms with Crippen LogP contribution in [0.2, 0.25) is 0 Å². The molecule has 16 nitrogen and oxygen atoms in total. The average Bonchev–Trinajstić information content (AvgIpc) is 2.85. The summed E-state index contributed by atoms with van der Waals surface area (Å²) in [5.41, 5.74) is -2.47. The van der Waals surface area contributed by atoms with E-state index in [4.69, 9.17) is 0 Å². The summed E-state index contributed by atoms with van der Waals surface area (Å²) in [6.45, 7) is 12.7. The van der Waals surface area contributed by atoms with Crippen LogP contribution in [0.3, 0.4) is 0 Å². The molecular weight excluding hydrogens is 500 g/mol. The van der Waals surface area contributed by atoms with Crippen molar-refractivity contribution in [2.75, 3.05) is 88.3 Å². The second kappa shape index (κ2) is 9.43. The van der Waals surface area contributed by atoms with E-state index in [1.165, 1.54) is 0 Å². The van der Waals surface area contributed by atoms with Gasteiger partial charge < -0.3 is 28.7 Å². The van der Waals surface area contributed by atoms with Gasteiger partial charge in [-0.3, -0.25) is 29.8 Å². The summed E-state index contributed by atoms with van der Waals surface area (Å²) in [5.74, 6) is 0.987. The van der Waals surface area contributed by atoms with E-state index in [2.05, 4.69) is 19.9 Å². The summed E-state index contributed by atoms with van der Waals surface area (Å²) in [6, 6.07) is 0. The van der Waals surface area contributed by atoms with E-state index in [0.717, 1.165) is 61.3 Å². The highest BCUT2D eigenvalue weighted by atomic mass is 16.6. The van der Waals surface area contributed by atoms with Crippen LogP contribution in [0.15, 0.2) is 9.59 Å². The van der Waals surface area contributed by atoms with Crippen LogP contribution in [0.5, 0.6) is 0 Å². The summed E-state index contributed by atoms with van der Waals surface area (Å²) >= 11 is 0. The molecule has 0 atom stereocenters. The van der Waals surface area contributed by atoms with Gasteiger partial charge in [-0.05, 0) is 13.8 Å². The van der Waals surface area contributed by atoms with Crippen LogP contribution in [0.1, 0.15) is 11.6 Å². The first-order valence-electron chi connectivity index (χ1n) is 12.7. The number of quaternary nitrogens is 2. The zero-order chi connectivity index (χ0) is 27.2. The van der Waals surface area contributed by atoms with Crippen LogP contribution < -0.4 is 20.9 Å². The lowest BCUT2D eigenvalue weighted by atomic mass is 10.1. The van der Waals surface area contributed by atoms with Gasteiger partial charge in [-0.15, -0.1) is 0 Å². The summed E-state index contributed by atoms with van der Waals surface area (Å²) in [5, 5.41) is 23.0. The van der Waals surface area contributed by atoms with E-state index in [-0.39, 0.29) is 11.6 Å². The first-order valence-corrected chi connectivity index (χ1v) is 12.7. The SMILES string of the molecule is Cc1nc(N2CC[N+]3(CC2)CC[N+]2(CCN(c4nc(C)[nH]c(=O)c4[N+](=O)[O-])CC2)CC3)c([N+](=O)[O-])c(=O)[nH]1. The molecule has 38 heavy (non-hydrogen) atoms. The van der Waals surface area contributed by atoms with E-state index in [0.29, 0.717) is 37.8 Å². The second-order valence-corrected chi connectivity index (χ2v) is 10.6. The Balaban J connectivity index is 1.22. The molecule has 3 aliphatic heterocycles. The number of nitro groups is 2. The molecule has 2 aromatic rings. The van der Waals surface area contributed by atoms with Gasteiger partial charge in [0, 0.05) is 0 Å². The lowest BCUT2D eigenvalue weighted by Gasteiger charge is -2.54. The smallest absolute Gasteiger partial charge is 0.339 e. The summed E-state index contributed by atoms with van der Waals surface area (Å²) in [4.78, 5) is 63.2. The third-order valence-corrected chi connectivity index (χ3v) is 8.43. The highest BCUT2D eigenvalue weighted by Gasteiger charge is 2.46. The number of piperazine rings is 3. The topological polar surface area (TPSA) is 184 Å². The first-order chi connectivity index (χ1) is 18.0. The van der Waals surface area contributed by atoms with Crippen LogP contribution in [0.25, 0.3) is 0 Å². The molecule has 0 bridgehead atoms. The Kier molecular flexibility index (Phi) is 6.38. The van der Waals surface area contributed by atoms with Crippen LogP contribution in [0.4, 0.5) is 23.0 Å². The van der Waals surface area contributed by atoms with Crippen molar-refractivity contribution in [1.29, 1.82) is 0 Å². The molecule has 0 amide bonds. The fourth-order valence-corrected chi connectivity index (χ4v) is 6.07. The molecule has 2 spiro atoms. The van der Waals surface area contributed by atoms with Gasteiger partial charge in [0.25, 0.3) is 0 Å². The van der Waals surface area contributed by atoms with Gasteiger partial charge in [0.05, 0.1) is 62.2 Å². The quantitative estimate of drug-likeness (QED) is 0.289. The van der Waals surface area contributed by atoms with Crippen LogP contribution in [-0.4, -0.2) is 117 Å². The van der Waals surface area contributed by atoms with Gasteiger partial charge in [0.15, 0.2) is 0 Å². The number of hydrogen-bond donors (Lipinski definition) is 2. The fraction of sp³-hybridized carbons (Fsp3) is 0.636. The normalized spacial score (nSPS) is 20.6. The minimum atomic E-state index is -0.730. The Morgan fingerprint density at radius 2 is 0.974 bits per heavy atom. The number of aromatic amines is 2. The van der Waals surface area contributed by atoms with Gasteiger partial charge in [0.2, 0.25) is 11.6 Å². The molecule has 3 fully saturated rings. The number of hydrogen-bond acceptors (Lipinski definition) is 10. The molecule has 0 unspecified atom stereocenters. The minimum Gasteiger partial charge on any atom is -0.339 e. The summed E-state index contributed by atoms with van der Waals surface area (Å²) in [6.07, 6.45) is 0. The molecule has 3 aliphatic rings. The minimum absolute atomic E-state index is 0.142. The monoisotopic (exact) mass is 532 g/mol. The van der Waals surface area contributed by atoms with E-state index < -0.39 is 32.3 Å². The third-order valence-electron chi connectivity index (χ3n) is 8.43. The number of nitrogens with one attached hydrogen (secondary N) is 2. The largest absolute Gasteiger partial charge is 0.375 e. The molecule has 16 heteroatoms. The molecule has 2 aromatic heterocycles. The molecule has 0 aromatic carbocycles. The number of rotatable bonds is 4. The van der Waals surface area contributed by atoms with Crippen molar-refractivity contribution in [1.82, 2.24) is 19.9 Å². The van der Waals surface area contributed by atoms with Crippen molar-refractivity contribution < 1.29 is 18.8 Å². The predicted octanol–water partition coefficient (Wildman–Crippen LogP) is -0.726. The molecule has 0 aliphatic carbocycles. The lowest BCUT2D eigenvalue weighted by Crippen LogP contribution is -2.73. The second-order valence-electron chi connectivity index (χ2n) is 10.6. The zero-order valence-electron chi connectivity index (χ0n) is 21.5. The van der Waals surface area contributed by atoms with Crippen LogP contribution >= 0.6 is 0 Å². The average molecular weight is 533 g/mol. The van der Waals surface area contributed by atoms with Crippen LogP contribution in [-0.2, 0) is 0 Å². The Morgan fingerprint density at radius 1 is 0.658 bits per heavy atom. The van der Waals surface area contributed by atoms with Gasteiger partial charge in [0.1, 0.15) is 37.8 Å².